The highest BCUT2D eigenvalue weighted by Gasteiger charge is 2.29. The van der Waals surface area contributed by atoms with E-state index >= 15 is 0 Å². The van der Waals surface area contributed by atoms with Crippen molar-refractivity contribution in [3.8, 4) is 5.75 Å². The summed E-state index contributed by atoms with van der Waals surface area (Å²) in [6, 6.07) is 5.20. The Balaban J connectivity index is 2.14. The van der Waals surface area contributed by atoms with Gasteiger partial charge in [-0.3, -0.25) is 4.79 Å². The number of amides is 1. The van der Waals surface area contributed by atoms with Gasteiger partial charge in [-0.15, -0.1) is 0 Å². The van der Waals surface area contributed by atoms with E-state index in [4.69, 9.17) is 16.3 Å². The quantitative estimate of drug-likeness (QED) is 0.859. The summed E-state index contributed by atoms with van der Waals surface area (Å²) in [5.74, 6) is 0.905. The Morgan fingerprint density at radius 2 is 2.27 bits per heavy atom. The lowest BCUT2D eigenvalue weighted by Crippen LogP contribution is -2.13. The van der Waals surface area contributed by atoms with Gasteiger partial charge in [-0.1, -0.05) is 11.6 Å². The number of anilines is 1. The second-order valence-corrected chi connectivity index (χ2v) is 4.02. The molecule has 0 bridgehead atoms. The van der Waals surface area contributed by atoms with Crippen LogP contribution in [-0.4, -0.2) is 13.0 Å². The summed E-state index contributed by atoms with van der Waals surface area (Å²) < 4.78 is 5.06. The van der Waals surface area contributed by atoms with E-state index in [0.717, 1.165) is 12.8 Å². The van der Waals surface area contributed by atoms with E-state index in [0.29, 0.717) is 16.5 Å². The number of rotatable bonds is 3. The Kier molecular flexibility index (Phi) is 2.82. The van der Waals surface area contributed by atoms with Crippen molar-refractivity contribution in [2.75, 3.05) is 12.4 Å². The topological polar surface area (TPSA) is 38.3 Å². The monoisotopic (exact) mass is 225 g/mol. The predicted octanol–water partition coefficient (Wildman–Crippen LogP) is 2.70. The third-order valence-electron chi connectivity index (χ3n) is 2.38. The van der Waals surface area contributed by atoms with Crippen molar-refractivity contribution in [2.24, 2.45) is 5.92 Å². The summed E-state index contributed by atoms with van der Waals surface area (Å²) in [7, 11) is 1.58. The third-order valence-corrected chi connectivity index (χ3v) is 2.71. The second-order valence-electron chi connectivity index (χ2n) is 3.61. The van der Waals surface area contributed by atoms with Gasteiger partial charge in [-0.05, 0) is 25.0 Å². The van der Waals surface area contributed by atoms with Crippen molar-refractivity contribution in [3.63, 3.8) is 0 Å². The van der Waals surface area contributed by atoms with E-state index < -0.39 is 0 Å². The molecule has 1 fully saturated rings. The summed E-state index contributed by atoms with van der Waals surface area (Å²) in [6.07, 6.45) is 1.96. The van der Waals surface area contributed by atoms with Crippen molar-refractivity contribution in [2.45, 2.75) is 12.8 Å². The van der Waals surface area contributed by atoms with Gasteiger partial charge in [0.15, 0.2) is 0 Å². The molecule has 3 nitrogen and oxygen atoms in total. The Hall–Kier alpha value is -1.22. The molecule has 0 saturated heterocycles. The molecule has 4 heteroatoms. The number of nitrogens with one attached hydrogen (secondary N) is 1. The highest BCUT2D eigenvalue weighted by atomic mass is 35.5. The molecule has 0 radical (unpaired) electrons. The first-order valence-electron chi connectivity index (χ1n) is 4.85. The molecular weight excluding hydrogens is 214 g/mol. The molecule has 1 aromatic rings. The lowest BCUT2D eigenvalue weighted by atomic mass is 10.3. The lowest BCUT2D eigenvalue weighted by molar-refractivity contribution is -0.117. The van der Waals surface area contributed by atoms with Crippen molar-refractivity contribution in [1.82, 2.24) is 0 Å². The Morgan fingerprint density at radius 1 is 1.53 bits per heavy atom. The molecule has 1 aromatic carbocycles. The van der Waals surface area contributed by atoms with Gasteiger partial charge in [0, 0.05) is 12.0 Å². The molecule has 1 aliphatic carbocycles. The maximum Gasteiger partial charge on any atom is 0.227 e. The van der Waals surface area contributed by atoms with Crippen molar-refractivity contribution >= 4 is 23.2 Å². The van der Waals surface area contributed by atoms with E-state index in [1.807, 2.05) is 0 Å². The number of methoxy groups -OCH3 is 1. The van der Waals surface area contributed by atoms with Crippen LogP contribution in [0.5, 0.6) is 5.75 Å². The molecule has 0 unspecified atom stereocenters. The number of halogens is 1. The van der Waals surface area contributed by atoms with E-state index in [2.05, 4.69) is 5.32 Å². The van der Waals surface area contributed by atoms with Crippen molar-refractivity contribution in [3.05, 3.63) is 23.2 Å². The number of ether oxygens (including phenoxy) is 1. The molecule has 0 aliphatic heterocycles. The standard InChI is InChI=1S/C11H12ClNO2/c1-15-8-4-5-9(12)10(6-8)13-11(14)7-2-3-7/h4-7H,2-3H2,1H3,(H,13,14). The normalized spacial score (nSPS) is 14.8. The fraction of sp³-hybridized carbons (Fsp3) is 0.364. The van der Waals surface area contributed by atoms with Crippen LogP contribution in [0.15, 0.2) is 18.2 Å². The number of hydrogen-bond donors (Lipinski definition) is 1. The molecule has 1 aliphatic rings. The minimum Gasteiger partial charge on any atom is -0.497 e. The van der Waals surface area contributed by atoms with Gasteiger partial charge >= 0.3 is 0 Å². The van der Waals surface area contributed by atoms with Crippen LogP contribution < -0.4 is 10.1 Å². The Bertz CT molecular complexity index is 388. The smallest absolute Gasteiger partial charge is 0.227 e. The first-order chi connectivity index (χ1) is 7.20. The van der Waals surface area contributed by atoms with Gasteiger partial charge < -0.3 is 10.1 Å². The van der Waals surface area contributed by atoms with E-state index in [-0.39, 0.29) is 11.8 Å². The molecule has 0 heterocycles. The van der Waals surface area contributed by atoms with Crippen molar-refractivity contribution in [1.29, 1.82) is 0 Å². The average molecular weight is 226 g/mol. The van der Waals surface area contributed by atoms with Gasteiger partial charge in [0.25, 0.3) is 0 Å². The van der Waals surface area contributed by atoms with Crippen LogP contribution in [-0.2, 0) is 4.79 Å². The first-order valence-corrected chi connectivity index (χ1v) is 5.23. The van der Waals surface area contributed by atoms with Crippen LogP contribution in [0.2, 0.25) is 5.02 Å². The zero-order valence-electron chi connectivity index (χ0n) is 8.42. The predicted molar refractivity (Wildman–Crippen MR) is 59.4 cm³/mol. The summed E-state index contributed by atoms with van der Waals surface area (Å²) in [5.41, 5.74) is 0.618. The van der Waals surface area contributed by atoms with E-state index in [1.165, 1.54) is 0 Å². The van der Waals surface area contributed by atoms with Gasteiger partial charge in [-0.2, -0.15) is 0 Å². The lowest BCUT2D eigenvalue weighted by Gasteiger charge is -2.08. The van der Waals surface area contributed by atoms with Crippen LogP contribution >= 0.6 is 11.6 Å². The minimum atomic E-state index is 0.0464. The molecule has 0 aromatic heterocycles. The Morgan fingerprint density at radius 3 is 2.87 bits per heavy atom. The molecule has 1 N–H and O–H groups in total. The van der Waals surface area contributed by atoms with Crippen LogP contribution in [0.1, 0.15) is 12.8 Å². The zero-order chi connectivity index (χ0) is 10.8. The van der Waals surface area contributed by atoms with Crippen LogP contribution in [0.25, 0.3) is 0 Å². The molecule has 1 amide bonds. The summed E-state index contributed by atoms with van der Waals surface area (Å²) in [4.78, 5) is 11.5. The highest BCUT2D eigenvalue weighted by molar-refractivity contribution is 6.33. The molecule has 0 spiro atoms. The van der Waals surface area contributed by atoms with Gasteiger partial charge in [0.2, 0.25) is 5.91 Å². The largest absolute Gasteiger partial charge is 0.497 e. The van der Waals surface area contributed by atoms with Gasteiger partial charge in [0.1, 0.15) is 5.75 Å². The highest BCUT2D eigenvalue weighted by Crippen LogP contribution is 2.32. The van der Waals surface area contributed by atoms with Gasteiger partial charge in [-0.25, -0.2) is 0 Å². The number of hydrogen-bond acceptors (Lipinski definition) is 2. The molecule has 2 rings (SSSR count). The third kappa shape index (κ3) is 2.42. The van der Waals surface area contributed by atoms with E-state index in [1.54, 1.807) is 25.3 Å². The zero-order valence-corrected chi connectivity index (χ0v) is 9.17. The average Bonchev–Trinajstić information content (AvgIpc) is 3.04. The summed E-state index contributed by atoms with van der Waals surface area (Å²) in [6.45, 7) is 0. The summed E-state index contributed by atoms with van der Waals surface area (Å²) >= 11 is 5.95. The number of carbonyl (C=O) groups excluding carboxylic acids is 1. The SMILES string of the molecule is COc1ccc(Cl)c(NC(=O)C2CC2)c1. The number of benzene rings is 1. The first kappa shape index (κ1) is 10.3. The molecule has 15 heavy (non-hydrogen) atoms. The Labute approximate surface area is 93.4 Å². The fourth-order valence-corrected chi connectivity index (χ4v) is 1.47. The summed E-state index contributed by atoms with van der Waals surface area (Å²) in [5, 5.41) is 3.33. The second kappa shape index (κ2) is 4.11. The van der Waals surface area contributed by atoms with Crippen LogP contribution in [0.3, 0.4) is 0 Å². The van der Waals surface area contributed by atoms with Crippen molar-refractivity contribution < 1.29 is 9.53 Å². The van der Waals surface area contributed by atoms with E-state index in [9.17, 15) is 4.79 Å². The molecule has 0 atom stereocenters. The van der Waals surface area contributed by atoms with Crippen LogP contribution in [0.4, 0.5) is 5.69 Å². The molecular formula is C11H12ClNO2. The number of carbonyl (C=O) groups is 1. The maximum absolute atomic E-state index is 11.5. The fourth-order valence-electron chi connectivity index (χ4n) is 1.31. The maximum atomic E-state index is 11.5. The van der Waals surface area contributed by atoms with Gasteiger partial charge in [0.05, 0.1) is 17.8 Å². The molecule has 80 valence electrons. The van der Waals surface area contributed by atoms with Crippen LogP contribution in [0, 0.1) is 5.92 Å². The molecule has 1 saturated carbocycles. The minimum absolute atomic E-state index is 0.0464.